The van der Waals surface area contributed by atoms with E-state index in [1.807, 2.05) is 12.3 Å². The fraction of sp³-hybridized carbons (Fsp3) is 0.190. The highest BCUT2D eigenvalue weighted by Crippen LogP contribution is 2.24. The largest absolute Gasteiger partial charge is 0.461 e. The Balaban J connectivity index is 1.33. The molecule has 0 fully saturated rings. The third-order valence-corrected chi connectivity index (χ3v) is 5.80. The number of nitrogens with zero attached hydrogens (tertiary/aromatic N) is 3. The molecule has 4 aromatic heterocycles. The maximum atomic E-state index is 12.6. The summed E-state index contributed by atoms with van der Waals surface area (Å²) in [5, 5.41) is 2.05. The molecular formula is C21H18N4O2S. The van der Waals surface area contributed by atoms with E-state index in [4.69, 9.17) is 4.42 Å². The average Bonchev–Trinajstić information content (AvgIpc) is 3.43. The Morgan fingerprint density at radius 3 is 2.93 bits per heavy atom. The molecule has 0 saturated heterocycles. The number of rotatable bonds is 4. The van der Waals surface area contributed by atoms with Crippen LogP contribution in [0.4, 0.5) is 0 Å². The molecule has 0 bridgehead atoms. The fourth-order valence-corrected chi connectivity index (χ4v) is 4.19. The molecular weight excluding hydrogens is 372 g/mol. The van der Waals surface area contributed by atoms with E-state index in [2.05, 4.69) is 43.4 Å². The van der Waals surface area contributed by atoms with Crippen molar-refractivity contribution in [1.29, 1.82) is 0 Å². The van der Waals surface area contributed by atoms with E-state index in [0.29, 0.717) is 18.1 Å². The van der Waals surface area contributed by atoms with Crippen molar-refractivity contribution in [3.8, 4) is 22.2 Å². The third-order valence-electron chi connectivity index (χ3n) is 4.91. The minimum Gasteiger partial charge on any atom is -0.461 e. The molecule has 5 heterocycles. The van der Waals surface area contributed by atoms with Crippen molar-refractivity contribution in [3.63, 3.8) is 0 Å². The van der Waals surface area contributed by atoms with Crippen molar-refractivity contribution in [2.24, 2.45) is 0 Å². The van der Waals surface area contributed by atoms with Crippen LogP contribution in [0.25, 0.3) is 22.2 Å². The number of nitrogens with one attached hydrogen (secondary N) is 1. The summed E-state index contributed by atoms with van der Waals surface area (Å²) in [6.45, 7) is 2.20. The summed E-state index contributed by atoms with van der Waals surface area (Å²) in [5.41, 5.74) is 3.64. The van der Waals surface area contributed by atoms with Crippen LogP contribution in [-0.4, -0.2) is 26.4 Å². The fourth-order valence-electron chi connectivity index (χ4n) is 3.49. The molecule has 1 aliphatic heterocycles. The van der Waals surface area contributed by atoms with Crippen molar-refractivity contribution < 1.29 is 4.42 Å². The van der Waals surface area contributed by atoms with Crippen LogP contribution in [-0.2, 0) is 19.5 Å². The summed E-state index contributed by atoms with van der Waals surface area (Å²) < 4.78 is 5.35. The zero-order valence-corrected chi connectivity index (χ0v) is 15.9. The van der Waals surface area contributed by atoms with Gasteiger partial charge in [-0.15, -0.1) is 11.3 Å². The van der Waals surface area contributed by atoms with Crippen LogP contribution in [0.5, 0.6) is 0 Å². The molecule has 0 aliphatic carbocycles. The summed E-state index contributed by atoms with van der Waals surface area (Å²) in [5.74, 6) is 1.08. The molecule has 28 heavy (non-hydrogen) atoms. The molecule has 0 saturated carbocycles. The Morgan fingerprint density at radius 1 is 1.21 bits per heavy atom. The summed E-state index contributed by atoms with van der Waals surface area (Å²) in [7, 11) is 0. The maximum absolute atomic E-state index is 12.6. The number of pyridine rings is 1. The topological polar surface area (TPSA) is 75.0 Å². The van der Waals surface area contributed by atoms with E-state index >= 15 is 0 Å². The maximum Gasteiger partial charge on any atom is 0.256 e. The lowest BCUT2D eigenvalue weighted by molar-refractivity contribution is 0.241. The molecule has 5 rings (SSSR count). The lowest BCUT2D eigenvalue weighted by Crippen LogP contribution is -2.35. The van der Waals surface area contributed by atoms with Gasteiger partial charge in [0.05, 0.1) is 28.1 Å². The van der Waals surface area contributed by atoms with Gasteiger partial charge in [0.15, 0.2) is 11.6 Å². The van der Waals surface area contributed by atoms with Crippen LogP contribution in [0.2, 0.25) is 0 Å². The standard InChI is InChI=1S/C21H18N4O2S/c26-21-15-13-25(8-7-16(15)23-20(24-21)18-3-1-9-27-18)12-14-5-6-17(22-11-14)19-4-2-10-28-19/h1-6,9-11H,7-8,12-13H2,(H,23,24,26). The average molecular weight is 390 g/mol. The number of H-pyrrole nitrogens is 1. The first-order valence-electron chi connectivity index (χ1n) is 9.13. The first-order chi connectivity index (χ1) is 13.8. The quantitative estimate of drug-likeness (QED) is 0.575. The normalized spacial score (nSPS) is 14.1. The Bertz CT molecular complexity index is 1130. The lowest BCUT2D eigenvalue weighted by Gasteiger charge is -2.27. The Kier molecular flexibility index (Phi) is 4.38. The van der Waals surface area contributed by atoms with E-state index in [1.165, 1.54) is 4.88 Å². The Labute approximate surface area is 165 Å². The monoisotopic (exact) mass is 390 g/mol. The van der Waals surface area contributed by atoms with Gasteiger partial charge in [0.25, 0.3) is 5.56 Å². The summed E-state index contributed by atoms with van der Waals surface area (Å²) in [6, 6.07) is 11.9. The lowest BCUT2D eigenvalue weighted by atomic mass is 10.1. The second-order valence-electron chi connectivity index (χ2n) is 6.81. The zero-order chi connectivity index (χ0) is 18.9. The van der Waals surface area contributed by atoms with Crippen LogP contribution < -0.4 is 5.56 Å². The molecule has 1 aliphatic rings. The van der Waals surface area contributed by atoms with Gasteiger partial charge in [0, 0.05) is 32.3 Å². The first kappa shape index (κ1) is 17.1. The van der Waals surface area contributed by atoms with Crippen LogP contribution in [0, 0.1) is 0 Å². The first-order valence-corrected chi connectivity index (χ1v) is 10.0. The molecule has 0 aromatic carbocycles. The van der Waals surface area contributed by atoms with Gasteiger partial charge in [-0.05, 0) is 35.2 Å². The highest BCUT2D eigenvalue weighted by Gasteiger charge is 2.22. The van der Waals surface area contributed by atoms with Crippen molar-refractivity contribution >= 4 is 11.3 Å². The minimum atomic E-state index is -0.0905. The summed E-state index contributed by atoms with van der Waals surface area (Å²) in [6.07, 6.45) is 4.25. The highest BCUT2D eigenvalue weighted by molar-refractivity contribution is 7.13. The number of aromatic nitrogens is 3. The van der Waals surface area contributed by atoms with E-state index in [9.17, 15) is 4.79 Å². The van der Waals surface area contributed by atoms with Crippen LogP contribution in [0.15, 0.2) is 63.4 Å². The molecule has 0 amide bonds. The smallest absolute Gasteiger partial charge is 0.256 e. The number of thiophene rings is 1. The second kappa shape index (κ2) is 7.18. The predicted octanol–water partition coefficient (Wildman–Crippen LogP) is 3.71. The number of fused-ring (bicyclic) bond motifs is 1. The van der Waals surface area contributed by atoms with Crippen LogP contribution >= 0.6 is 11.3 Å². The SMILES string of the molecule is O=c1[nH]c(-c2ccco2)nc2c1CN(Cc1ccc(-c3cccs3)nc1)CC2. The van der Waals surface area contributed by atoms with Crippen molar-refractivity contribution in [2.45, 2.75) is 19.5 Å². The van der Waals surface area contributed by atoms with E-state index < -0.39 is 0 Å². The van der Waals surface area contributed by atoms with Gasteiger partial charge < -0.3 is 9.40 Å². The van der Waals surface area contributed by atoms with Crippen LogP contribution in [0.3, 0.4) is 0 Å². The molecule has 7 heteroatoms. The predicted molar refractivity (Wildman–Crippen MR) is 108 cm³/mol. The van der Waals surface area contributed by atoms with Gasteiger partial charge in [0.1, 0.15) is 0 Å². The number of hydrogen-bond acceptors (Lipinski definition) is 6. The van der Waals surface area contributed by atoms with Gasteiger partial charge in [0.2, 0.25) is 0 Å². The van der Waals surface area contributed by atoms with E-state index in [0.717, 1.165) is 42.0 Å². The molecule has 140 valence electrons. The van der Waals surface area contributed by atoms with Gasteiger partial charge in [-0.2, -0.15) is 0 Å². The van der Waals surface area contributed by atoms with Crippen molar-refractivity contribution in [1.82, 2.24) is 19.9 Å². The molecule has 0 unspecified atom stereocenters. The molecule has 6 nitrogen and oxygen atoms in total. The molecule has 0 radical (unpaired) electrons. The Morgan fingerprint density at radius 2 is 2.18 bits per heavy atom. The molecule has 0 spiro atoms. The van der Waals surface area contributed by atoms with Gasteiger partial charge >= 0.3 is 0 Å². The van der Waals surface area contributed by atoms with Gasteiger partial charge in [-0.3, -0.25) is 14.7 Å². The van der Waals surface area contributed by atoms with Gasteiger partial charge in [-0.1, -0.05) is 12.1 Å². The summed E-state index contributed by atoms with van der Waals surface area (Å²) in [4.78, 5) is 28.0. The molecule has 0 atom stereocenters. The third kappa shape index (κ3) is 3.30. The Hall–Kier alpha value is -3.03. The number of aromatic amines is 1. The summed E-state index contributed by atoms with van der Waals surface area (Å²) >= 11 is 1.69. The molecule has 4 aromatic rings. The van der Waals surface area contributed by atoms with Gasteiger partial charge in [-0.25, -0.2) is 4.98 Å². The van der Waals surface area contributed by atoms with Crippen molar-refractivity contribution in [3.05, 3.63) is 81.4 Å². The zero-order valence-electron chi connectivity index (χ0n) is 15.1. The van der Waals surface area contributed by atoms with E-state index in [-0.39, 0.29) is 5.56 Å². The number of furan rings is 1. The number of hydrogen-bond donors (Lipinski definition) is 1. The minimum absolute atomic E-state index is 0.0905. The molecule has 1 N–H and O–H groups in total. The van der Waals surface area contributed by atoms with Crippen molar-refractivity contribution in [2.75, 3.05) is 6.54 Å². The second-order valence-corrected chi connectivity index (χ2v) is 7.75. The van der Waals surface area contributed by atoms with Crippen LogP contribution in [0.1, 0.15) is 16.8 Å². The van der Waals surface area contributed by atoms with E-state index in [1.54, 1.807) is 29.7 Å². The highest BCUT2D eigenvalue weighted by atomic mass is 32.1.